The summed E-state index contributed by atoms with van der Waals surface area (Å²) in [4.78, 5) is 14.7. The highest BCUT2D eigenvalue weighted by atomic mass is 16.5. The second-order valence-corrected chi connectivity index (χ2v) is 7.47. The third-order valence-electron chi connectivity index (χ3n) is 4.92. The van der Waals surface area contributed by atoms with Crippen molar-refractivity contribution >= 4 is 22.9 Å². The number of hydrogen-bond acceptors (Lipinski definition) is 5. The Morgan fingerprint density at radius 1 is 1.10 bits per heavy atom. The molecule has 0 aliphatic carbocycles. The van der Waals surface area contributed by atoms with Crippen LogP contribution in [0, 0.1) is 0 Å². The molecule has 2 N–H and O–H groups in total. The van der Waals surface area contributed by atoms with Gasteiger partial charge in [-0.1, -0.05) is 12.1 Å². The molecule has 0 radical (unpaired) electrons. The van der Waals surface area contributed by atoms with Gasteiger partial charge >= 0.3 is 0 Å². The van der Waals surface area contributed by atoms with E-state index < -0.39 is 0 Å². The van der Waals surface area contributed by atoms with E-state index in [0.717, 1.165) is 29.9 Å². The molecule has 1 aliphatic heterocycles. The number of rotatable bonds is 8. The number of nitrogens with zero attached hydrogens (tertiary/aromatic N) is 1. The molecule has 0 bridgehead atoms. The summed E-state index contributed by atoms with van der Waals surface area (Å²) in [6.07, 6.45) is 2.96. The molecule has 1 heterocycles. The van der Waals surface area contributed by atoms with Gasteiger partial charge in [-0.05, 0) is 57.3 Å². The highest BCUT2D eigenvalue weighted by Crippen LogP contribution is 2.40. The number of nitrogens with one attached hydrogen (secondary N) is 2. The molecule has 0 spiro atoms. The van der Waals surface area contributed by atoms with Gasteiger partial charge in [0.25, 0.3) is 5.91 Å². The minimum atomic E-state index is -0.122. The topological polar surface area (TPSA) is 62.8 Å². The molecule has 6 nitrogen and oxygen atoms in total. The SMILES string of the molecule is COc1cc2c(cc1OC)C(=CC(C)Nc1ccc(CCN(C)C)cc1)C(=O)N2. The molecule has 3 rings (SSSR count). The standard InChI is InChI=1S/C23H29N3O3/c1-15(24-17-8-6-16(7-9-17)10-11-26(2)3)12-19-18-13-21(28-4)22(29-5)14-20(18)25-23(19)27/h6-9,12-15,24H,10-11H2,1-5H3,(H,25,27). The average molecular weight is 396 g/mol. The van der Waals surface area contributed by atoms with Crippen molar-refractivity contribution in [3.05, 3.63) is 53.6 Å². The van der Waals surface area contributed by atoms with Gasteiger partial charge in [-0.3, -0.25) is 4.79 Å². The third kappa shape index (κ3) is 4.90. The van der Waals surface area contributed by atoms with E-state index in [0.29, 0.717) is 17.1 Å². The van der Waals surface area contributed by atoms with Gasteiger partial charge in [0.05, 0.1) is 19.9 Å². The molecule has 6 heteroatoms. The van der Waals surface area contributed by atoms with Gasteiger partial charge in [0.2, 0.25) is 0 Å². The van der Waals surface area contributed by atoms with Crippen LogP contribution in [0.1, 0.15) is 18.1 Å². The van der Waals surface area contributed by atoms with Gasteiger partial charge in [0.1, 0.15) is 0 Å². The van der Waals surface area contributed by atoms with Crippen molar-refractivity contribution in [3.63, 3.8) is 0 Å². The zero-order valence-corrected chi connectivity index (χ0v) is 17.7. The maximum Gasteiger partial charge on any atom is 0.256 e. The lowest BCUT2D eigenvalue weighted by Gasteiger charge is -2.14. The number of likely N-dealkylation sites (N-methyl/N-ethyl adjacent to an activating group) is 1. The Hall–Kier alpha value is -2.99. The van der Waals surface area contributed by atoms with E-state index in [-0.39, 0.29) is 11.9 Å². The fourth-order valence-corrected chi connectivity index (χ4v) is 3.36. The van der Waals surface area contributed by atoms with Crippen LogP contribution in [-0.2, 0) is 11.2 Å². The van der Waals surface area contributed by atoms with Crippen molar-refractivity contribution in [2.45, 2.75) is 19.4 Å². The monoisotopic (exact) mass is 395 g/mol. The minimum absolute atomic E-state index is 0.0255. The number of carbonyl (C=O) groups is 1. The fourth-order valence-electron chi connectivity index (χ4n) is 3.36. The molecule has 1 aliphatic rings. The number of fused-ring (bicyclic) bond motifs is 1. The molecule has 0 aromatic heterocycles. The van der Waals surface area contributed by atoms with E-state index >= 15 is 0 Å². The summed E-state index contributed by atoms with van der Waals surface area (Å²) in [6, 6.07) is 12.0. The number of amides is 1. The molecule has 2 aromatic rings. The van der Waals surface area contributed by atoms with E-state index in [9.17, 15) is 4.79 Å². The second-order valence-electron chi connectivity index (χ2n) is 7.47. The van der Waals surface area contributed by atoms with Crippen molar-refractivity contribution in [1.29, 1.82) is 0 Å². The number of hydrogen-bond donors (Lipinski definition) is 2. The molecule has 1 unspecified atom stereocenters. The average Bonchev–Trinajstić information content (AvgIpc) is 3.00. The summed E-state index contributed by atoms with van der Waals surface area (Å²) in [5, 5.41) is 6.34. The van der Waals surface area contributed by atoms with E-state index in [4.69, 9.17) is 9.47 Å². The Morgan fingerprint density at radius 2 is 1.76 bits per heavy atom. The van der Waals surface area contributed by atoms with Crippen LogP contribution in [0.3, 0.4) is 0 Å². The predicted octanol–water partition coefficient (Wildman–Crippen LogP) is 3.64. The molecular weight excluding hydrogens is 366 g/mol. The second kappa shape index (κ2) is 9.01. The van der Waals surface area contributed by atoms with Crippen molar-refractivity contribution < 1.29 is 14.3 Å². The Kier molecular flexibility index (Phi) is 6.44. The van der Waals surface area contributed by atoms with Gasteiger partial charge in [-0.15, -0.1) is 0 Å². The quantitative estimate of drug-likeness (QED) is 0.668. The zero-order chi connectivity index (χ0) is 21.0. The first kappa shape index (κ1) is 20.7. The maximum atomic E-state index is 12.5. The first-order valence-electron chi connectivity index (χ1n) is 9.71. The number of methoxy groups -OCH3 is 2. The Bertz CT molecular complexity index is 904. The first-order valence-corrected chi connectivity index (χ1v) is 9.71. The molecule has 0 saturated heterocycles. The minimum Gasteiger partial charge on any atom is -0.493 e. The van der Waals surface area contributed by atoms with E-state index in [1.54, 1.807) is 20.3 Å². The Morgan fingerprint density at radius 3 is 2.38 bits per heavy atom. The summed E-state index contributed by atoms with van der Waals surface area (Å²) in [6.45, 7) is 3.05. The van der Waals surface area contributed by atoms with E-state index in [1.165, 1.54) is 5.56 Å². The lowest BCUT2D eigenvalue weighted by atomic mass is 10.0. The van der Waals surface area contributed by atoms with E-state index in [2.05, 4.69) is 53.9 Å². The summed E-state index contributed by atoms with van der Waals surface area (Å²) in [5.41, 5.74) is 4.51. The molecule has 1 amide bonds. The van der Waals surface area contributed by atoms with Crippen LogP contribution in [-0.4, -0.2) is 51.7 Å². The molecule has 0 saturated carbocycles. The number of ether oxygens (including phenoxy) is 2. The van der Waals surface area contributed by atoms with Crippen LogP contribution < -0.4 is 20.1 Å². The third-order valence-corrected chi connectivity index (χ3v) is 4.92. The van der Waals surface area contributed by atoms with Crippen LogP contribution >= 0.6 is 0 Å². The van der Waals surface area contributed by atoms with Gasteiger partial charge in [-0.25, -0.2) is 0 Å². The Balaban J connectivity index is 1.74. The number of carbonyl (C=O) groups excluding carboxylic acids is 1. The summed E-state index contributed by atoms with van der Waals surface area (Å²) in [7, 11) is 7.32. The van der Waals surface area contributed by atoms with Gasteiger partial charge in [0, 0.05) is 35.5 Å². The van der Waals surface area contributed by atoms with Crippen molar-refractivity contribution in [2.75, 3.05) is 45.5 Å². The normalized spacial score (nSPS) is 15.2. The van der Waals surface area contributed by atoms with Gasteiger partial charge < -0.3 is 25.0 Å². The summed E-state index contributed by atoms with van der Waals surface area (Å²) in [5.74, 6) is 1.07. The molecule has 2 aromatic carbocycles. The number of benzene rings is 2. The smallest absolute Gasteiger partial charge is 0.256 e. The van der Waals surface area contributed by atoms with Crippen LogP contribution in [0.15, 0.2) is 42.5 Å². The van der Waals surface area contributed by atoms with Crippen LogP contribution in [0.2, 0.25) is 0 Å². The molecule has 1 atom stereocenters. The lowest BCUT2D eigenvalue weighted by Crippen LogP contribution is -2.15. The first-order chi connectivity index (χ1) is 13.9. The van der Waals surface area contributed by atoms with Crippen molar-refractivity contribution in [3.8, 4) is 11.5 Å². The highest BCUT2D eigenvalue weighted by molar-refractivity contribution is 6.31. The van der Waals surface area contributed by atoms with Gasteiger partial charge in [-0.2, -0.15) is 0 Å². The zero-order valence-electron chi connectivity index (χ0n) is 17.7. The Labute approximate surface area is 172 Å². The van der Waals surface area contributed by atoms with Crippen LogP contribution in [0.25, 0.3) is 5.57 Å². The number of anilines is 2. The lowest BCUT2D eigenvalue weighted by molar-refractivity contribution is -0.110. The molecular formula is C23H29N3O3. The largest absolute Gasteiger partial charge is 0.493 e. The molecule has 154 valence electrons. The van der Waals surface area contributed by atoms with Crippen molar-refractivity contribution in [1.82, 2.24) is 4.90 Å². The maximum absolute atomic E-state index is 12.5. The predicted molar refractivity (Wildman–Crippen MR) is 118 cm³/mol. The van der Waals surface area contributed by atoms with Crippen LogP contribution in [0.5, 0.6) is 11.5 Å². The van der Waals surface area contributed by atoms with Crippen LogP contribution in [0.4, 0.5) is 11.4 Å². The summed E-state index contributed by atoms with van der Waals surface area (Å²) >= 11 is 0. The molecule has 29 heavy (non-hydrogen) atoms. The van der Waals surface area contributed by atoms with Gasteiger partial charge in [0.15, 0.2) is 11.5 Å². The summed E-state index contributed by atoms with van der Waals surface area (Å²) < 4.78 is 10.7. The van der Waals surface area contributed by atoms with E-state index in [1.807, 2.05) is 19.1 Å². The highest BCUT2D eigenvalue weighted by Gasteiger charge is 2.27. The molecule has 0 fully saturated rings. The fraction of sp³-hybridized carbons (Fsp3) is 0.348. The van der Waals surface area contributed by atoms with Crippen molar-refractivity contribution in [2.24, 2.45) is 0 Å².